The quantitative estimate of drug-likeness (QED) is 0.807. The molecule has 6 heteroatoms. The molecule has 1 amide bonds. The van der Waals surface area contributed by atoms with Crippen LogP contribution < -0.4 is 5.32 Å². The molecule has 4 nitrogen and oxygen atoms in total. The predicted molar refractivity (Wildman–Crippen MR) is 62.9 cm³/mol. The molecule has 0 aliphatic heterocycles. The minimum absolute atomic E-state index is 0.290. The number of nitrogens with zero attached hydrogens (tertiary/aromatic N) is 1. The third kappa shape index (κ3) is 2.42. The van der Waals surface area contributed by atoms with Crippen molar-refractivity contribution in [2.45, 2.75) is 6.92 Å². The van der Waals surface area contributed by atoms with Gasteiger partial charge in [-0.15, -0.1) is 11.3 Å². The van der Waals surface area contributed by atoms with Gasteiger partial charge in [0, 0.05) is 11.8 Å². The standard InChI is InChI=1S/C11H9FN2O2S/c1-6-10(17-5-13-6)11(16)14-7-2-3-9(15)8(12)4-7/h2-5,15H,1H3,(H,14,16). The van der Waals surface area contributed by atoms with Crippen molar-refractivity contribution in [2.24, 2.45) is 0 Å². The minimum atomic E-state index is -0.774. The lowest BCUT2D eigenvalue weighted by Crippen LogP contribution is -2.11. The number of phenols is 1. The number of aryl methyl sites for hydroxylation is 1. The number of amides is 1. The summed E-state index contributed by atoms with van der Waals surface area (Å²) in [5.41, 5.74) is 2.49. The summed E-state index contributed by atoms with van der Waals surface area (Å²) in [5.74, 6) is -1.56. The molecule has 0 saturated carbocycles. The van der Waals surface area contributed by atoms with Gasteiger partial charge in [0.05, 0.1) is 11.2 Å². The minimum Gasteiger partial charge on any atom is -0.505 e. The fraction of sp³-hybridized carbons (Fsp3) is 0.0909. The van der Waals surface area contributed by atoms with E-state index in [0.717, 1.165) is 6.07 Å². The van der Waals surface area contributed by atoms with Gasteiger partial charge in [0.15, 0.2) is 11.6 Å². The number of carbonyl (C=O) groups is 1. The maximum absolute atomic E-state index is 13.0. The number of thiazole rings is 1. The highest BCUT2D eigenvalue weighted by molar-refractivity contribution is 7.12. The van der Waals surface area contributed by atoms with Crippen molar-refractivity contribution in [3.8, 4) is 5.75 Å². The molecule has 2 aromatic rings. The number of hydrogen-bond donors (Lipinski definition) is 2. The molecule has 17 heavy (non-hydrogen) atoms. The van der Waals surface area contributed by atoms with E-state index < -0.39 is 11.6 Å². The van der Waals surface area contributed by atoms with Crippen LogP contribution in [0.4, 0.5) is 10.1 Å². The number of carbonyl (C=O) groups excluding carboxylic acids is 1. The largest absolute Gasteiger partial charge is 0.505 e. The second-order valence-corrected chi connectivity index (χ2v) is 4.24. The third-order valence-corrected chi connectivity index (χ3v) is 3.08. The number of benzene rings is 1. The van der Waals surface area contributed by atoms with Crippen LogP contribution in [-0.2, 0) is 0 Å². The highest BCUT2D eigenvalue weighted by Crippen LogP contribution is 2.21. The van der Waals surface area contributed by atoms with Crippen molar-refractivity contribution in [3.05, 3.63) is 40.1 Å². The smallest absolute Gasteiger partial charge is 0.267 e. The Morgan fingerprint density at radius 2 is 2.29 bits per heavy atom. The average molecular weight is 252 g/mol. The molecule has 88 valence electrons. The van der Waals surface area contributed by atoms with E-state index in [1.807, 2.05) is 0 Å². The SMILES string of the molecule is Cc1ncsc1C(=O)Nc1ccc(O)c(F)c1. The molecule has 0 fully saturated rings. The van der Waals surface area contributed by atoms with Crippen molar-refractivity contribution in [3.63, 3.8) is 0 Å². The Morgan fingerprint density at radius 1 is 1.53 bits per heavy atom. The van der Waals surface area contributed by atoms with Gasteiger partial charge in [-0.3, -0.25) is 4.79 Å². The van der Waals surface area contributed by atoms with Crippen LogP contribution >= 0.6 is 11.3 Å². The fourth-order valence-electron chi connectivity index (χ4n) is 1.29. The molecule has 1 heterocycles. The first-order valence-electron chi connectivity index (χ1n) is 4.78. The lowest BCUT2D eigenvalue weighted by molar-refractivity contribution is 0.103. The van der Waals surface area contributed by atoms with E-state index in [1.165, 1.54) is 23.5 Å². The Hall–Kier alpha value is -1.95. The van der Waals surface area contributed by atoms with Gasteiger partial charge < -0.3 is 10.4 Å². The number of nitrogens with one attached hydrogen (secondary N) is 1. The number of hydrogen-bond acceptors (Lipinski definition) is 4. The first-order chi connectivity index (χ1) is 8.08. The van der Waals surface area contributed by atoms with E-state index in [1.54, 1.807) is 12.4 Å². The molecule has 1 aromatic heterocycles. The van der Waals surface area contributed by atoms with Crippen LogP contribution in [0.1, 0.15) is 15.4 Å². The van der Waals surface area contributed by atoms with E-state index in [-0.39, 0.29) is 11.6 Å². The number of rotatable bonds is 2. The number of aromatic hydroxyl groups is 1. The van der Waals surface area contributed by atoms with Crippen molar-refractivity contribution in [1.82, 2.24) is 4.98 Å². The molecule has 0 saturated heterocycles. The fourth-order valence-corrected chi connectivity index (χ4v) is 1.99. The second kappa shape index (κ2) is 4.50. The molecule has 2 N–H and O–H groups in total. The van der Waals surface area contributed by atoms with E-state index in [0.29, 0.717) is 10.6 Å². The molecule has 0 atom stereocenters. The molecule has 0 spiro atoms. The molecule has 0 unspecified atom stereocenters. The summed E-state index contributed by atoms with van der Waals surface area (Å²) in [4.78, 5) is 16.2. The summed E-state index contributed by atoms with van der Waals surface area (Å²) in [6, 6.07) is 3.67. The maximum Gasteiger partial charge on any atom is 0.267 e. The summed E-state index contributed by atoms with van der Waals surface area (Å²) >= 11 is 1.22. The van der Waals surface area contributed by atoms with Crippen LogP contribution in [0.5, 0.6) is 5.75 Å². The predicted octanol–water partition coefficient (Wildman–Crippen LogP) is 2.55. The van der Waals surface area contributed by atoms with E-state index in [9.17, 15) is 9.18 Å². The Kier molecular flexibility index (Phi) is 3.06. The molecule has 0 aliphatic carbocycles. The summed E-state index contributed by atoms with van der Waals surface area (Å²) in [6.07, 6.45) is 0. The average Bonchev–Trinajstić information content (AvgIpc) is 2.70. The Labute approximate surface area is 101 Å². The highest BCUT2D eigenvalue weighted by Gasteiger charge is 2.12. The number of phenolic OH excluding ortho intramolecular Hbond substituents is 1. The van der Waals surface area contributed by atoms with Crippen LogP contribution in [0.15, 0.2) is 23.7 Å². The second-order valence-electron chi connectivity index (χ2n) is 3.39. The van der Waals surface area contributed by atoms with Crippen molar-refractivity contribution >= 4 is 22.9 Å². The van der Waals surface area contributed by atoms with Gasteiger partial charge in [-0.25, -0.2) is 9.37 Å². The molecule has 0 aliphatic rings. The van der Waals surface area contributed by atoms with E-state index >= 15 is 0 Å². The summed E-state index contributed by atoms with van der Waals surface area (Å²) in [6.45, 7) is 1.73. The Balaban J connectivity index is 2.19. The lowest BCUT2D eigenvalue weighted by atomic mass is 10.2. The Bertz CT molecular complexity index is 568. The summed E-state index contributed by atoms with van der Waals surface area (Å²) in [7, 11) is 0. The third-order valence-electron chi connectivity index (χ3n) is 2.16. The van der Waals surface area contributed by atoms with Crippen LogP contribution in [0.25, 0.3) is 0 Å². The maximum atomic E-state index is 13.0. The zero-order valence-corrected chi connectivity index (χ0v) is 9.71. The van der Waals surface area contributed by atoms with Gasteiger partial charge in [0.25, 0.3) is 5.91 Å². The molecule has 2 rings (SSSR count). The summed E-state index contributed by atoms with van der Waals surface area (Å²) in [5, 5.41) is 11.5. The van der Waals surface area contributed by atoms with E-state index in [4.69, 9.17) is 5.11 Å². The first-order valence-corrected chi connectivity index (χ1v) is 5.66. The van der Waals surface area contributed by atoms with Gasteiger partial charge in [-0.05, 0) is 19.1 Å². The molecule has 1 aromatic carbocycles. The number of anilines is 1. The van der Waals surface area contributed by atoms with Crippen LogP contribution in [0.2, 0.25) is 0 Å². The van der Waals surface area contributed by atoms with Crippen molar-refractivity contribution in [2.75, 3.05) is 5.32 Å². The lowest BCUT2D eigenvalue weighted by Gasteiger charge is -2.04. The van der Waals surface area contributed by atoms with Gasteiger partial charge in [0.2, 0.25) is 0 Å². The molecular formula is C11H9FN2O2S. The van der Waals surface area contributed by atoms with Gasteiger partial charge in [0.1, 0.15) is 4.88 Å². The van der Waals surface area contributed by atoms with Crippen LogP contribution in [0.3, 0.4) is 0 Å². The van der Waals surface area contributed by atoms with Crippen LogP contribution in [0, 0.1) is 12.7 Å². The zero-order valence-electron chi connectivity index (χ0n) is 8.90. The molecule has 0 bridgehead atoms. The zero-order chi connectivity index (χ0) is 12.4. The van der Waals surface area contributed by atoms with E-state index in [2.05, 4.69) is 10.3 Å². The number of aromatic nitrogens is 1. The Morgan fingerprint density at radius 3 is 2.88 bits per heavy atom. The summed E-state index contributed by atoms with van der Waals surface area (Å²) < 4.78 is 13.0. The van der Waals surface area contributed by atoms with Crippen molar-refractivity contribution < 1.29 is 14.3 Å². The monoisotopic (exact) mass is 252 g/mol. The van der Waals surface area contributed by atoms with Gasteiger partial charge >= 0.3 is 0 Å². The molecular weight excluding hydrogens is 243 g/mol. The normalized spacial score (nSPS) is 10.2. The molecule has 0 radical (unpaired) electrons. The van der Waals surface area contributed by atoms with Gasteiger partial charge in [-0.2, -0.15) is 0 Å². The van der Waals surface area contributed by atoms with Crippen molar-refractivity contribution in [1.29, 1.82) is 0 Å². The van der Waals surface area contributed by atoms with Crippen LogP contribution in [-0.4, -0.2) is 16.0 Å². The topological polar surface area (TPSA) is 62.2 Å². The highest BCUT2D eigenvalue weighted by atomic mass is 32.1. The van der Waals surface area contributed by atoms with Gasteiger partial charge in [-0.1, -0.05) is 0 Å². The number of halogens is 1. The first kappa shape index (κ1) is 11.5.